The summed E-state index contributed by atoms with van der Waals surface area (Å²) in [6.45, 7) is 3.93. The van der Waals surface area contributed by atoms with Crippen molar-refractivity contribution in [3.8, 4) is 6.07 Å². The van der Waals surface area contributed by atoms with E-state index in [1.165, 1.54) is 0 Å². The molecule has 64 valence electrons. The number of aromatic nitrogens is 2. The Morgan fingerprint density at radius 3 is 3.08 bits per heavy atom. The third-order valence-electron chi connectivity index (χ3n) is 1.62. The van der Waals surface area contributed by atoms with Crippen LogP contribution in [0.15, 0.2) is 6.20 Å². The van der Waals surface area contributed by atoms with E-state index in [1.807, 2.05) is 13.8 Å². The number of anilines is 1. The summed E-state index contributed by atoms with van der Waals surface area (Å²) in [6.07, 6.45) is 2.25. The van der Waals surface area contributed by atoms with Gasteiger partial charge in [0.05, 0.1) is 18.7 Å². The molecule has 0 saturated heterocycles. The standard InChI is InChI=1S/C8H12N4/c1-6-5-10-12-8(6)11-7(2)3-4-9/h5,7H,3H2,1-2H3,(H2,10,11,12). The van der Waals surface area contributed by atoms with Gasteiger partial charge in [0.15, 0.2) is 0 Å². The third kappa shape index (κ3) is 1.99. The third-order valence-corrected chi connectivity index (χ3v) is 1.62. The molecule has 0 aliphatic carbocycles. The number of rotatable bonds is 3. The first-order chi connectivity index (χ1) is 5.74. The molecule has 1 heterocycles. The first-order valence-electron chi connectivity index (χ1n) is 3.87. The van der Waals surface area contributed by atoms with Gasteiger partial charge in [-0.1, -0.05) is 0 Å². The molecule has 12 heavy (non-hydrogen) atoms. The van der Waals surface area contributed by atoms with Crippen LogP contribution in [0.5, 0.6) is 0 Å². The topological polar surface area (TPSA) is 64.5 Å². The molecule has 2 N–H and O–H groups in total. The Morgan fingerprint density at radius 2 is 2.58 bits per heavy atom. The summed E-state index contributed by atoms with van der Waals surface area (Å²) in [6, 6.07) is 2.26. The van der Waals surface area contributed by atoms with E-state index >= 15 is 0 Å². The maximum atomic E-state index is 8.42. The van der Waals surface area contributed by atoms with Crippen LogP contribution in [-0.2, 0) is 0 Å². The Balaban J connectivity index is 2.53. The van der Waals surface area contributed by atoms with Crippen LogP contribution in [0.2, 0.25) is 0 Å². The number of hydrogen-bond acceptors (Lipinski definition) is 3. The monoisotopic (exact) mass is 164 g/mol. The van der Waals surface area contributed by atoms with E-state index in [9.17, 15) is 0 Å². The SMILES string of the molecule is Cc1cn[nH]c1NC(C)CC#N. The number of hydrogen-bond donors (Lipinski definition) is 2. The summed E-state index contributed by atoms with van der Waals surface area (Å²) in [7, 11) is 0. The zero-order chi connectivity index (χ0) is 8.97. The molecule has 0 amide bonds. The van der Waals surface area contributed by atoms with Gasteiger partial charge in [0.2, 0.25) is 0 Å². The van der Waals surface area contributed by atoms with Gasteiger partial charge < -0.3 is 5.32 Å². The summed E-state index contributed by atoms with van der Waals surface area (Å²) in [4.78, 5) is 0. The largest absolute Gasteiger partial charge is 0.367 e. The van der Waals surface area contributed by atoms with Crippen molar-refractivity contribution in [1.29, 1.82) is 5.26 Å². The van der Waals surface area contributed by atoms with Gasteiger partial charge in [-0.25, -0.2) is 0 Å². The summed E-state index contributed by atoms with van der Waals surface area (Å²) < 4.78 is 0. The van der Waals surface area contributed by atoms with Crippen molar-refractivity contribution in [2.75, 3.05) is 5.32 Å². The highest BCUT2D eigenvalue weighted by Gasteiger charge is 2.03. The molecular formula is C8H12N4. The summed E-state index contributed by atoms with van der Waals surface area (Å²) in [5.74, 6) is 0.901. The lowest BCUT2D eigenvalue weighted by atomic mass is 10.2. The van der Waals surface area contributed by atoms with Crippen molar-refractivity contribution in [1.82, 2.24) is 10.2 Å². The smallest absolute Gasteiger partial charge is 0.124 e. The quantitative estimate of drug-likeness (QED) is 0.710. The molecule has 4 nitrogen and oxygen atoms in total. The molecule has 0 spiro atoms. The minimum atomic E-state index is 0.161. The van der Waals surface area contributed by atoms with Crippen LogP contribution in [-0.4, -0.2) is 16.2 Å². The average molecular weight is 164 g/mol. The Kier molecular flexibility index (Phi) is 2.70. The first-order valence-corrected chi connectivity index (χ1v) is 3.87. The second kappa shape index (κ2) is 3.77. The molecule has 0 aliphatic rings. The summed E-state index contributed by atoms with van der Waals surface area (Å²) >= 11 is 0. The fourth-order valence-corrected chi connectivity index (χ4v) is 0.927. The molecule has 1 rings (SSSR count). The molecule has 1 unspecified atom stereocenters. The molecule has 4 heteroatoms. The number of nitrogens with zero attached hydrogens (tertiary/aromatic N) is 2. The predicted octanol–water partition coefficient (Wildman–Crippen LogP) is 1.43. The molecule has 0 aromatic carbocycles. The number of nitriles is 1. The van der Waals surface area contributed by atoms with Crippen molar-refractivity contribution < 1.29 is 0 Å². The van der Waals surface area contributed by atoms with E-state index in [1.54, 1.807) is 6.20 Å². The van der Waals surface area contributed by atoms with Crippen LogP contribution in [0, 0.1) is 18.3 Å². The molecule has 1 aromatic rings. The zero-order valence-corrected chi connectivity index (χ0v) is 7.26. The van der Waals surface area contributed by atoms with Gasteiger partial charge >= 0.3 is 0 Å². The van der Waals surface area contributed by atoms with Crippen molar-refractivity contribution in [3.05, 3.63) is 11.8 Å². The van der Waals surface area contributed by atoms with Crippen LogP contribution >= 0.6 is 0 Å². The van der Waals surface area contributed by atoms with E-state index in [0.717, 1.165) is 11.4 Å². The van der Waals surface area contributed by atoms with Gasteiger partial charge in [0, 0.05) is 11.6 Å². The van der Waals surface area contributed by atoms with Crippen molar-refractivity contribution in [2.45, 2.75) is 26.3 Å². The summed E-state index contributed by atoms with van der Waals surface area (Å²) in [5.41, 5.74) is 1.07. The molecule has 1 atom stereocenters. The minimum Gasteiger partial charge on any atom is -0.367 e. The van der Waals surface area contributed by atoms with Crippen LogP contribution in [0.4, 0.5) is 5.82 Å². The van der Waals surface area contributed by atoms with E-state index in [-0.39, 0.29) is 6.04 Å². The van der Waals surface area contributed by atoms with Crippen LogP contribution in [0.3, 0.4) is 0 Å². The fourth-order valence-electron chi connectivity index (χ4n) is 0.927. The minimum absolute atomic E-state index is 0.161. The highest BCUT2D eigenvalue weighted by molar-refractivity contribution is 5.42. The second-order valence-electron chi connectivity index (χ2n) is 2.84. The molecular weight excluding hydrogens is 152 g/mol. The highest BCUT2D eigenvalue weighted by Crippen LogP contribution is 2.10. The zero-order valence-electron chi connectivity index (χ0n) is 7.26. The first kappa shape index (κ1) is 8.60. The number of aryl methyl sites for hydroxylation is 1. The lowest BCUT2D eigenvalue weighted by Crippen LogP contribution is -2.14. The lowest BCUT2D eigenvalue weighted by Gasteiger charge is -2.09. The normalized spacial score (nSPS) is 12.1. The van der Waals surface area contributed by atoms with Crippen molar-refractivity contribution in [3.63, 3.8) is 0 Å². The Morgan fingerprint density at radius 1 is 1.83 bits per heavy atom. The fraction of sp³-hybridized carbons (Fsp3) is 0.500. The number of aromatic amines is 1. The van der Waals surface area contributed by atoms with Gasteiger partial charge in [-0.3, -0.25) is 5.10 Å². The van der Waals surface area contributed by atoms with Crippen molar-refractivity contribution in [2.24, 2.45) is 0 Å². The van der Waals surface area contributed by atoms with Gasteiger partial charge in [-0.15, -0.1) is 0 Å². The number of H-pyrrole nitrogens is 1. The molecule has 0 bridgehead atoms. The van der Waals surface area contributed by atoms with Crippen molar-refractivity contribution >= 4 is 5.82 Å². The van der Waals surface area contributed by atoms with Gasteiger partial charge in [0.1, 0.15) is 5.82 Å². The average Bonchev–Trinajstić information content (AvgIpc) is 2.37. The van der Waals surface area contributed by atoms with E-state index in [0.29, 0.717) is 6.42 Å². The Hall–Kier alpha value is -1.50. The van der Waals surface area contributed by atoms with Gasteiger partial charge in [0.25, 0.3) is 0 Å². The predicted molar refractivity (Wildman–Crippen MR) is 46.6 cm³/mol. The Bertz CT molecular complexity index is 283. The molecule has 0 radical (unpaired) electrons. The van der Waals surface area contributed by atoms with Crippen LogP contribution in [0.25, 0.3) is 0 Å². The molecule has 0 aliphatic heterocycles. The van der Waals surface area contributed by atoms with Crippen LogP contribution in [0.1, 0.15) is 18.9 Å². The van der Waals surface area contributed by atoms with E-state index in [2.05, 4.69) is 21.6 Å². The van der Waals surface area contributed by atoms with Gasteiger partial charge in [-0.05, 0) is 13.8 Å². The molecule has 0 fully saturated rings. The molecule has 1 aromatic heterocycles. The van der Waals surface area contributed by atoms with Crippen LogP contribution < -0.4 is 5.32 Å². The second-order valence-corrected chi connectivity index (χ2v) is 2.84. The summed E-state index contributed by atoms with van der Waals surface area (Å²) in [5, 5.41) is 18.3. The number of nitrogens with one attached hydrogen (secondary N) is 2. The van der Waals surface area contributed by atoms with E-state index < -0.39 is 0 Å². The maximum absolute atomic E-state index is 8.42. The van der Waals surface area contributed by atoms with E-state index in [4.69, 9.17) is 5.26 Å². The maximum Gasteiger partial charge on any atom is 0.124 e. The van der Waals surface area contributed by atoms with Gasteiger partial charge in [-0.2, -0.15) is 10.4 Å². The molecule has 0 saturated carbocycles. The highest BCUT2D eigenvalue weighted by atomic mass is 15.2. The lowest BCUT2D eigenvalue weighted by molar-refractivity contribution is 0.811. The Labute approximate surface area is 71.6 Å².